The minimum Gasteiger partial charge on any atom is -0.370 e. The summed E-state index contributed by atoms with van der Waals surface area (Å²) >= 11 is 0. The van der Waals surface area contributed by atoms with E-state index < -0.39 is 5.54 Å². The lowest BCUT2D eigenvalue weighted by Gasteiger charge is -2.25. The number of amides is 1. The summed E-state index contributed by atoms with van der Waals surface area (Å²) in [6.07, 6.45) is 0.199. The molecule has 1 heterocycles. The first-order valence-electron chi connectivity index (χ1n) is 5.28. The van der Waals surface area contributed by atoms with Crippen molar-refractivity contribution in [1.82, 2.24) is 4.98 Å². The second kappa shape index (κ2) is 4.83. The van der Waals surface area contributed by atoms with Crippen molar-refractivity contribution in [2.75, 3.05) is 5.32 Å². The van der Waals surface area contributed by atoms with E-state index in [0.717, 1.165) is 5.69 Å². The fourth-order valence-corrected chi connectivity index (χ4v) is 1.62. The quantitative estimate of drug-likeness (QED) is 0.819. The van der Waals surface area contributed by atoms with Gasteiger partial charge in [-0.3, -0.25) is 4.79 Å². The molecule has 1 rings (SSSR count). The molecule has 1 aromatic rings. The molecular formula is C12H16N4O. The zero-order valence-electron chi connectivity index (χ0n) is 10.2. The van der Waals surface area contributed by atoms with E-state index in [1.165, 1.54) is 0 Å². The van der Waals surface area contributed by atoms with Crippen molar-refractivity contribution >= 4 is 11.7 Å². The molecule has 3 N–H and O–H groups in total. The summed E-state index contributed by atoms with van der Waals surface area (Å²) in [6, 6.07) is 5.41. The molecule has 1 amide bonds. The second-order valence-electron chi connectivity index (χ2n) is 4.65. The Morgan fingerprint density at radius 3 is 2.76 bits per heavy atom. The summed E-state index contributed by atoms with van der Waals surface area (Å²) in [4.78, 5) is 15.2. The third kappa shape index (κ3) is 4.11. The second-order valence-corrected chi connectivity index (χ2v) is 4.65. The highest BCUT2D eigenvalue weighted by molar-refractivity contribution is 5.75. The largest absolute Gasteiger partial charge is 0.370 e. The number of pyridine rings is 1. The van der Waals surface area contributed by atoms with Crippen molar-refractivity contribution in [3.8, 4) is 6.07 Å². The van der Waals surface area contributed by atoms with E-state index in [0.29, 0.717) is 11.4 Å². The third-order valence-electron chi connectivity index (χ3n) is 2.17. The number of anilines is 1. The van der Waals surface area contributed by atoms with Crippen LogP contribution < -0.4 is 11.1 Å². The van der Waals surface area contributed by atoms with Gasteiger partial charge >= 0.3 is 0 Å². The van der Waals surface area contributed by atoms with E-state index in [1.54, 1.807) is 12.1 Å². The molecule has 0 aliphatic heterocycles. The summed E-state index contributed by atoms with van der Waals surface area (Å²) < 4.78 is 0. The number of nitriles is 1. The van der Waals surface area contributed by atoms with E-state index in [2.05, 4.69) is 16.4 Å². The zero-order valence-corrected chi connectivity index (χ0v) is 10.2. The molecule has 5 heteroatoms. The number of nitrogens with one attached hydrogen (secondary N) is 1. The van der Waals surface area contributed by atoms with Crippen molar-refractivity contribution in [3.05, 3.63) is 23.4 Å². The van der Waals surface area contributed by atoms with Crippen LogP contribution in [0.2, 0.25) is 0 Å². The van der Waals surface area contributed by atoms with Gasteiger partial charge in [0.05, 0.1) is 11.6 Å². The summed E-state index contributed by atoms with van der Waals surface area (Å²) in [5.41, 5.74) is 5.97. The van der Waals surface area contributed by atoms with Crippen LogP contribution in [0, 0.1) is 18.3 Å². The number of aromatic nitrogens is 1. The van der Waals surface area contributed by atoms with Gasteiger partial charge in [0.1, 0.15) is 5.82 Å². The molecule has 0 fully saturated rings. The van der Waals surface area contributed by atoms with E-state index in [-0.39, 0.29) is 12.3 Å². The Bertz CT molecular complexity index is 474. The number of carbonyl (C=O) groups excluding carboxylic acids is 1. The molecule has 0 spiro atoms. The van der Waals surface area contributed by atoms with Gasteiger partial charge in [0.25, 0.3) is 0 Å². The Kier molecular flexibility index (Phi) is 3.69. The lowest BCUT2D eigenvalue weighted by molar-refractivity contribution is -0.118. The van der Waals surface area contributed by atoms with Gasteiger partial charge in [0.15, 0.2) is 0 Å². The zero-order chi connectivity index (χ0) is 13.1. The fourth-order valence-electron chi connectivity index (χ4n) is 1.62. The lowest BCUT2D eigenvalue weighted by Crippen LogP contribution is -2.36. The molecule has 0 unspecified atom stereocenters. The highest BCUT2D eigenvalue weighted by Crippen LogP contribution is 2.17. The molecule has 0 aromatic carbocycles. The molecule has 0 aliphatic rings. The van der Waals surface area contributed by atoms with E-state index in [1.807, 2.05) is 20.8 Å². The van der Waals surface area contributed by atoms with Crippen LogP contribution in [-0.2, 0) is 4.79 Å². The summed E-state index contributed by atoms with van der Waals surface area (Å²) in [6.45, 7) is 5.52. The number of nitrogens with zero attached hydrogens (tertiary/aromatic N) is 2. The van der Waals surface area contributed by atoms with Crippen LogP contribution in [0.15, 0.2) is 12.1 Å². The van der Waals surface area contributed by atoms with Crippen LogP contribution in [0.5, 0.6) is 0 Å². The summed E-state index contributed by atoms with van der Waals surface area (Å²) in [7, 11) is 0. The van der Waals surface area contributed by atoms with Crippen LogP contribution in [0.4, 0.5) is 5.82 Å². The first-order chi connectivity index (χ1) is 7.82. The van der Waals surface area contributed by atoms with Gasteiger partial charge < -0.3 is 11.1 Å². The Hall–Kier alpha value is -2.09. The number of aryl methyl sites for hydroxylation is 1. The minimum absolute atomic E-state index is 0.199. The number of nitrogens with two attached hydrogens (primary N) is 1. The molecule has 0 saturated heterocycles. The summed E-state index contributed by atoms with van der Waals surface area (Å²) in [5.74, 6) is 0.198. The smallest absolute Gasteiger partial charge is 0.219 e. The molecular weight excluding hydrogens is 216 g/mol. The van der Waals surface area contributed by atoms with Gasteiger partial charge in [0, 0.05) is 17.7 Å². The first-order valence-corrected chi connectivity index (χ1v) is 5.28. The molecule has 0 atom stereocenters. The normalized spacial score (nSPS) is 10.7. The average Bonchev–Trinajstić information content (AvgIpc) is 2.13. The van der Waals surface area contributed by atoms with Crippen LogP contribution >= 0.6 is 0 Å². The van der Waals surface area contributed by atoms with Crippen molar-refractivity contribution in [2.45, 2.75) is 32.7 Å². The number of hydrogen-bond donors (Lipinski definition) is 2. The first kappa shape index (κ1) is 13.0. The van der Waals surface area contributed by atoms with E-state index in [4.69, 9.17) is 11.0 Å². The van der Waals surface area contributed by atoms with Crippen LogP contribution in [0.25, 0.3) is 0 Å². The Balaban J connectivity index is 2.91. The van der Waals surface area contributed by atoms with Gasteiger partial charge in [-0.25, -0.2) is 4.98 Å². The Morgan fingerprint density at radius 2 is 2.24 bits per heavy atom. The average molecular weight is 232 g/mol. The third-order valence-corrected chi connectivity index (χ3v) is 2.17. The monoisotopic (exact) mass is 232 g/mol. The van der Waals surface area contributed by atoms with Crippen molar-refractivity contribution in [2.24, 2.45) is 5.73 Å². The van der Waals surface area contributed by atoms with Crippen LogP contribution in [-0.4, -0.2) is 16.4 Å². The Labute approximate surface area is 101 Å². The molecule has 17 heavy (non-hydrogen) atoms. The van der Waals surface area contributed by atoms with Gasteiger partial charge in [0.2, 0.25) is 5.91 Å². The lowest BCUT2D eigenvalue weighted by atomic mass is 10.0. The number of hydrogen-bond acceptors (Lipinski definition) is 4. The maximum absolute atomic E-state index is 10.9. The van der Waals surface area contributed by atoms with E-state index in [9.17, 15) is 4.79 Å². The molecule has 1 aromatic heterocycles. The van der Waals surface area contributed by atoms with Crippen molar-refractivity contribution in [1.29, 1.82) is 5.26 Å². The van der Waals surface area contributed by atoms with Gasteiger partial charge in [-0.1, -0.05) is 0 Å². The maximum atomic E-state index is 10.9. The highest BCUT2D eigenvalue weighted by Gasteiger charge is 2.20. The van der Waals surface area contributed by atoms with Gasteiger partial charge in [-0.15, -0.1) is 0 Å². The maximum Gasteiger partial charge on any atom is 0.219 e. The fraction of sp³-hybridized carbons (Fsp3) is 0.417. The highest BCUT2D eigenvalue weighted by atomic mass is 16.1. The predicted molar refractivity (Wildman–Crippen MR) is 65.2 cm³/mol. The topological polar surface area (TPSA) is 91.8 Å². The molecule has 5 nitrogen and oxygen atoms in total. The summed E-state index contributed by atoms with van der Waals surface area (Å²) in [5, 5.41) is 12.0. The van der Waals surface area contributed by atoms with E-state index >= 15 is 0 Å². The number of carbonyl (C=O) groups is 1. The van der Waals surface area contributed by atoms with Crippen LogP contribution in [0.1, 0.15) is 31.5 Å². The predicted octanol–water partition coefficient (Wildman–Crippen LogP) is 1.33. The number of primary amides is 1. The Morgan fingerprint density at radius 1 is 1.59 bits per heavy atom. The van der Waals surface area contributed by atoms with Gasteiger partial charge in [-0.2, -0.15) is 5.26 Å². The molecule has 0 radical (unpaired) electrons. The SMILES string of the molecule is Cc1cc(C#N)cc(NC(C)(C)CC(N)=O)n1. The standard InChI is InChI=1S/C12H16N4O/c1-8-4-9(7-13)5-11(15-8)16-12(2,3)6-10(14)17/h4-5H,6H2,1-3H3,(H2,14,17)(H,15,16). The molecule has 90 valence electrons. The van der Waals surface area contributed by atoms with Crippen molar-refractivity contribution < 1.29 is 4.79 Å². The van der Waals surface area contributed by atoms with Crippen LogP contribution in [0.3, 0.4) is 0 Å². The molecule has 0 saturated carbocycles. The molecule has 0 bridgehead atoms. The van der Waals surface area contributed by atoms with Crippen molar-refractivity contribution in [3.63, 3.8) is 0 Å². The minimum atomic E-state index is -0.487. The number of rotatable bonds is 4. The van der Waals surface area contributed by atoms with Gasteiger partial charge in [-0.05, 0) is 32.9 Å². The molecule has 0 aliphatic carbocycles.